The van der Waals surface area contributed by atoms with E-state index in [1.165, 1.54) is 41.1 Å². The van der Waals surface area contributed by atoms with Gasteiger partial charge in [0.25, 0.3) is 11.5 Å². The number of carbonyl (C=O) groups is 1. The fourth-order valence-corrected chi connectivity index (χ4v) is 6.20. The molecular formula is C27H23F4N3O5S. The minimum atomic E-state index is -4.75. The number of halogens is 4. The van der Waals surface area contributed by atoms with Gasteiger partial charge in [-0.25, -0.2) is 17.5 Å². The molecule has 1 fully saturated rings. The number of rotatable bonds is 6. The highest BCUT2D eigenvalue weighted by Crippen LogP contribution is 2.39. The number of hydrogen-bond acceptors (Lipinski definition) is 5. The Morgan fingerprint density at radius 3 is 2.48 bits per heavy atom. The van der Waals surface area contributed by atoms with Gasteiger partial charge in [-0.15, -0.1) is 0 Å². The zero-order valence-corrected chi connectivity index (χ0v) is 21.6. The molecule has 40 heavy (non-hydrogen) atoms. The number of alkyl halides is 3. The molecule has 5 rings (SSSR count). The van der Waals surface area contributed by atoms with Crippen LogP contribution in [0.15, 0.2) is 65.6 Å². The SMILES string of the molecule is O=C(NS(=O)(=O)C1CCOCC1)c1c(-c2ccc[nH]c2=O)c2cc(C(F)(F)F)ccc2n1Cc1ccccc1F. The molecule has 0 spiro atoms. The largest absolute Gasteiger partial charge is 0.416 e. The van der Waals surface area contributed by atoms with Gasteiger partial charge in [-0.05, 0) is 49.2 Å². The molecule has 1 aliphatic heterocycles. The number of aromatic amines is 1. The van der Waals surface area contributed by atoms with Crippen molar-refractivity contribution in [3.63, 3.8) is 0 Å². The first-order chi connectivity index (χ1) is 19.0. The lowest BCUT2D eigenvalue weighted by atomic mass is 10.0. The maximum atomic E-state index is 14.7. The van der Waals surface area contributed by atoms with E-state index in [1.54, 1.807) is 6.07 Å². The zero-order valence-electron chi connectivity index (χ0n) is 20.8. The Morgan fingerprint density at radius 1 is 1.07 bits per heavy atom. The molecule has 4 aromatic rings. The third-order valence-corrected chi connectivity index (χ3v) is 8.64. The number of nitrogens with one attached hydrogen (secondary N) is 2. The van der Waals surface area contributed by atoms with Crippen LogP contribution in [-0.4, -0.2) is 42.3 Å². The highest BCUT2D eigenvalue weighted by atomic mass is 32.2. The second-order valence-electron chi connectivity index (χ2n) is 9.33. The molecule has 0 aliphatic carbocycles. The summed E-state index contributed by atoms with van der Waals surface area (Å²) in [6, 6.07) is 11.1. The summed E-state index contributed by atoms with van der Waals surface area (Å²) in [5.41, 5.74) is -2.36. The number of ether oxygens (including phenoxy) is 1. The predicted molar refractivity (Wildman–Crippen MR) is 139 cm³/mol. The van der Waals surface area contributed by atoms with Gasteiger partial charge in [0.2, 0.25) is 10.0 Å². The summed E-state index contributed by atoms with van der Waals surface area (Å²) in [5, 5.41) is -1.06. The van der Waals surface area contributed by atoms with Crippen molar-refractivity contribution in [2.45, 2.75) is 30.8 Å². The fraction of sp³-hybridized carbons (Fsp3) is 0.259. The molecule has 0 atom stereocenters. The number of nitrogens with zero attached hydrogens (tertiary/aromatic N) is 1. The van der Waals surface area contributed by atoms with Gasteiger partial charge in [-0.1, -0.05) is 18.2 Å². The molecule has 0 radical (unpaired) electrons. The summed E-state index contributed by atoms with van der Waals surface area (Å²) in [6.07, 6.45) is -3.17. The van der Waals surface area contributed by atoms with E-state index in [0.717, 1.165) is 18.2 Å². The molecule has 13 heteroatoms. The third-order valence-electron chi connectivity index (χ3n) is 6.82. The van der Waals surface area contributed by atoms with Crippen molar-refractivity contribution < 1.29 is 35.5 Å². The fourth-order valence-electron chi connectivity index (χ4n) is 4.87. The van der Waals surface area contributed by atoms with E-state index in [2.05, 4.69) is 4.98 Å². The lowest BCUT2D eigenvalue weighted by molar-refractivity contribution is -0.137. The van der Waals surface area contributed by atoms with Crippen LogP contribution in [0.2, 0.25) is 0 Å². The van der Waals surface area contributed by atoms with Crippen LogP contribution < -0.4 is 10.3 Å². The molecule has 0 saturated carbocycles. The van der Waals surface area contributed by atoms with Gasteiger partial charge in [0, 0.05) is 47.0 Å². The molecule has 0 unspecified atom stereocenters. The highest BCUT2D eigenvalue weighted by molar-refractivity contribution is 7.90. The minimum Gasteiger partial charge on any atom is -0.381 e. The normalized spacial score (nSPS) is 14.9. The Kier molecular flexibility index (Phi) is 7.27. The van der Waals surface area contributed by atoms with Gasteiger partial charge in [0.15, 0.2) is 0 Å². The smallest absolute Gasteiger partial charge is 0.381 e. The lowest BCUT2D eigenvalue weighted by Gasteiger charge is -2.22. The molecule has 2 aromatic carbocycles. The van der Waals surface area contributed by atoms with Gasteiger partial charge in [-0.2, -0.15) is 13.2 Å². The number of carbonyl (C=O) groups excluding carboxylic acids is 1. The number of aromatic nitrogens is 2. The first-order valence-electron chi connectivity index (χ1n) is 12.3. The molecule has 2 aromatic heterocycles. The lowest BCUT2D eigenvalue weighted by Crippen LogP contribution is -2.41. The predicted octanol–water partition coefficient (Wildman–Crippen LogP) is 4.44. The van der Waals surface area contributed by atoms with Gasteiger partial charge in [-0.3, -0.25) is 9.59 Å². The van der Waals surface area contributed by atoms with Crippen LogP contribution in [0.1, 0.15) is 34.5 Å². The number of pyridine rings is 1. The summed E-state index contributed by atoms with van der Waals surface area (Å²) >= 11 is 0. The van der Waals surface area contributed by atoms with Crippen molar-refractivity contribution in [2.24, 2.45) is 0 Å². The van der Waals surface area contributed by atoms with Crippen molar-refractivity contribution in [3.05, 3.63) is 93.8 Å². The molecule has 1 aliphatic rings. The van der Waals surface area contributed by atoms with E-state index >= 15 is 0 Å². The average Bonchev–Trinajstić information content (AvgIpc) is 3.23. The van der Waals surface area contributed by atoms with Crippen molar-refractivity contribution in [2.75, 3.05) is 13.2 Å². The summed E-state index contributed by atoms with van der Waals surface area (Å²) in [7, 11) is -4.24. The highest BCUT2D eigenvalue weighted by Gasteiger charge is 2.35. The van der Waals surface area contributed by atoms with Gasteiger partial charge >= 0.3 is 6.18 Å². The van der Waals surface area contributed by atoms with E-state index < -0.39 is 50.0 Å². The molecule has 2 N–H and O–H groups in total. The van der Waals surface area contributed by atoms with E-state index in [-0.39, 0.29) is 60.2 Å². The molecule has 3 heterocycles. The number of sulfonamides is 1. The molecular weight excluding hydrogens is 554 g/mol. The van der Waals surface area contributed by atoms with Gasteiger partial charge < -0.3 is 14.3 Å². The van der Waals surface area contributed by atoms with E-state index in [1.807, 2.05) is 4.72 Å². The van der Waals surface area contributed by atoms with Crippen LogP contribution in [0.5, 0.6) is 0 Å². The number of benzene rings is 2. The van der Waals surface area contributed by atoms with Crippen molar-refractivity contribution in [1.29, 1.82) is 0 Å². The average molecular weight is 578 g/mol. The number of H-pyrrole nitrogens is 1. The molecule has 1 amide bonds. The molecule has 0 bridgehead atoms. The molecule has 210 valence electrons. The van der Waals surface area contributed by atoms with Gasteiger partial charge in [0.05, 0.1) is 17.4 Å². The number of fused-ring (bicyclic) bond motifs is 1. The third kappa shape index (κ3) is 5.26. The summed E-state index contributed by atoms with van der Waals surface area (Å²) in [5.74, 6) is -1.80. The standard InChI is InChI=1S/C27H23F4N3O5S/c28-21-6-2-1-4-16(21)15-34-22-8-7-17(27(29,30)31)14-20(22)23(19-5-3-11-32-25(19)35)24(34)26(36)33-40(37,38)18-9-12-39-13-10-18/h1-8,11,14,18H,9-10,12-13,15H2,(H,32,35)(H,33,36). The first kappa shape index (κ1) is 27.6. The monoisotopic (exact) mass is 577 g/mol. The molecule has 1 saturated heterocycles. The Bertz CT molecular complexity index is 1760. The topological polar surface area (TPSA) is 110 Å². The van der Waals surface area contributed by atoms with Crippen molar-refractivity contribution in [3.8, 4) is 11.1 Å². The summed E-state index contributed by atoms with van der Waals surface area (Å²) in [6.45, 7) is 0.0235. The van der Waals surface area contributed by atoms with E-state index in [9.17, 15) is 35.6 Å². The maximum absolute atomic E-state index is 14.7. The Morgan fingerprint density at radius 2 is 1.80 bits per heavy atom. The summed E-state index contributed by atoms with van der Waals surface area (Å²) < 4.78 is 90.6. The Labute approximate surface area is 225 Å². The quantitative estimate of drug-likeness (QED) is 0.330. The van der Waals surface area contributed by atoms with Gasteiger partial charge in [0.1, 0.15) is 11.5 Å². The van der Waals surface area contributed by atoms with Crippen LogP contribution in [0.4, 0.5) is 17.6 Å². The number of hydrogen-bond donors (Lipinski definition) is 2. The van der Waals surface area contributed by atoms with Crippen LogP contribution in [0, 0.1) is 5.82 Å². The van der Waals surface area contributed by atoms with Crippen molar-refractivity contribution in [1.82, 2.24) is 14.3 Å². The van der Waals surface area contributed by atoms with Crippen LogP contribution in [0.3, 0.4) is 0 Å². The zero-order chi connectivity index (χ0) is 28.7. The van der Waals surface area contributed by atoms with E-state index in [4.69, 9.17) is 4.74 Å². The summed E-state index contributed by atoms with van der Waals surface area (Å²) in [4.78, 5) is 29.1. The number of amides is 1. The van der Waals surface area contributed by atoms with Crippen LogP contribution in [-0.2, 0) is 27.5 Å². The maximum Gasteiger partial charge on any atom is 0.416 e. The minimum absolute atomic E-state index is 0.0723. The second-order valence-corrected chi connectivity index (χ2v) is 11.3. The second kappa shape index (κ2) is 10.5. The molecule has 8 nitrogen and oxygen atoms in total. The Balaban J connectivity index is 1.79. The van der Waals surface area contributed by atoms with Crippen LogP contribution in [0.25, 0.3) is 22.0 Å². The first-order valence-corrected chi connectivity index (χ1v) is 13.8. The van der Waals surface area contributed by atoms with Crippen molar-refractivity contribution >= 4 is 26.8 Å². The Hall–Kier alpha value is -3.97. The van der Waals surface area contributed by atoms with Crippen LogP contribution >= 0.6 is 0 Å². The van der Waals surface area contributed by atoms with E-state index in [0.29, 0.717) is 0 Å².